The molecule has 5 aromatic rings. The maximum Gasteiger partial charge on any atom is 0.162 e. The third kappa shape index (κ3) is 6.66. The van der Waals surface area contributed by atoms with Gasteiger partial charge >= 0.3 is 0 Å². The van der Waals surface area contributed by atoms with Gasteiger partial charge in [-0.05, 0) is 38.1 Å². The Balaban J connectivity index is 0.000000263. The number of imidazole rings is 1. The number of pyridine rings is 1. The molecular weight excluding hydrogens is 717 g/mol. The summed E-state index contributed by atoms with van der Waals surface area (Å²) in [6.45, 7) is 17.3. The predicted molar refractivity (Wildman–Crippen MR) is 174 cm³/mol. The third-order valence-corrected chi connectivity index (χ3v) is 9.99. The van der Waals surface area contributed by atoms with Crippen LogP contribution >= 0.6 is 0 Å². The zero-order valence-corrected chi connectivity index (χ0v) is 29.5. The van der Waals surface area contributed by atoms with Crippen molar-refractivity contribution in [2.24, 2.45) is 11.8 Å². The molecule has 0 aliphatic rings. The molecule has 3 heterocycles. The van der Waals surface area contributed by atoms with Crippen LogP contribution in [0.2, 0.25) is 19.6 Å². The number of allylic oxidation sites excluding steroid dienone is 2. The number of ketones is 1. The Bertz CT molecular complexity index is 1730. The average Bonchev–Trinajstić information content (AvgIpc) is 3.32. The van der Waals surface area contributed by atoms with Gasteiger partial charge in [-0.3, -0.25) is 9.78 Å². The number of rotatable bonds is 8. The van der Waals surface area contributed by atoms with Gasteiger partial charge in [-0.25, -0.2) is 9.97 Å². The first kappa shape index (κ1) is 33.6. The zero-order chi connectivity index (χ0) is 29.9. The molecule has 1 N–H and O–H groups in total. The van der Waals surface area contributed by atoms with Crippen molar-refractivity contribution in [2.75, 3.05) is 0 Å². The molecule has 0 saturated carbocycles. The predicted octanol–water partition coefficient (Wildman–Crippen LogP) is 8.11. The molecule has 42 heavy (non-hydrogen) atoms. The molecule has 0 aliphatic carbocycles. The number of aromatic nitrogens is 4. The minimum Gasteiger partial charge on any atom is -0.512 e. The number of aliphatic hydroxyl groups is 1. The summed E-state index contributed by atoms with van der Waals surface area (Å²) in [6, 6.07) is 14.2. The SMILES string of the molecule is CCC(CC)C(=O)/C=C(\O)C(CC)CC.Cc1c([Si](C)(C)C)nc2c3cncnc3c3[c-]c4ccccc4cc3n12.[Ir]. The maximum absolute atomic E-state index is 11.7. The third-order valence-electron chi connectivity index (χ3n) is 8.10. The quantitative estimate of drug-likeness (QED) is 0.0432. The number of fused-ring (bicyclic) bond motifs is 7. The van der Waals surface area contributed by atoms with E-state index < -0.39 is 8.07 Å². The number of hydrogen-bond donors (Lipinski definition) is 1. The van der Waals surface area contributed by atoms with Crippen molar-refractivity contribution in [1.82, 2.24) is 19.4 Å². The van der Waals surface area contributed by atoms with Gasteiger partial charge in [0.2, 0.25) is 0 Å². The number of aliphatic hydroxyl groups excluding tert-OH is 1. The minimum atomic E-state index is -1.57. The summed E-state index contributed by atoms with van der Waals surface area (Å²) >= 11 is 0. The Hall–Kier alpha value is -2.93. The number of hydrogen-bond acceptors (Lipinski definition) is 5. The van der Waals surface area contributed by atoms with Crippen LogP contribution in [0.25, 0.3) is 38.2 Å². The average molecular weight is 760 g/mol. The maximum atomic E-state index is 11.7. The zero-order valence-electron chi connectivity index (χ0n) is 26.1. The van der Waals surface area contributed by atoms with Gasteiger partial charge in [0.1, 0.15) is 20.0 Å². The molecule has 0 unspecified atom stereocenters. The minimum absolute atomic E-state index is 0. The molecule has 5 rings (SSSR count). The molecule has 6 nitrogen and oxygen atoms in total. The Morgan fingerprint density at radius 2 is 1.69 bits per heavy atom. The van der Waals surface area contributed by atoms with E-state index in [4.69, 9.17) is 4.98 Å². The van der Waals surface area contributed by atoms with E-state index in [-0.39, 0.29) is 43.5 Å². The van der Waals surface area contributed by atoms with E-state index in [9.17, 15) is 9.90 Å². The summed E-state index contributed by atoms with van der Waals surface area (Å²) in [5, 5.41) is 15.3. The summed E-state index contributed by atoms with van der Waals surface area (Å²) in [5.41, 5.74) is 4.20. The molecule has 0 amide bonds. The molecule has 1 radical (unpaired) electrons. The van der Waals surface area contributed by atoms with E-state index in [0.29, 0.717) is 0 Å². The van der Waals surface area contributed by atoms with Gasteiger partial charge < -0.3 is 9.51 Å². The van der Waals surface area contributed by atoms with Crippen molar-refractivity contribution < 1.29 is 30.0 Å². The Kier molecular flexibility index (Phi) is 11.2. The van der Waals surface area contributed by atoms with Crippen LogP contribution in [0.5, 0.6) is 0 Å². The topological polar surface area (TPSA) is 80.4 Å². The monoisotopic (exact) mass is 760 g/mol. The van der Waals surface area contributed by atoms with Crippen LogP contribution in [0.15, 0.2) is 54.7 Å². The second-order valence-corrected chi connectivity index (χ2v) is 16.8. The Labute approximate surface area is 264 Å². The molecule has 0 spiro atoms. The van der Waals surface area contributed by atoms with Gasteiger partial charge in [0.25, 0.3) is 0 Å². The van der Waals surface area contributed by atoms with E-state index >= 15 is 0 Å². The van der Waals surface area contributed by atoms with Crippen LogP contribution in [0.4, 0.5) is 0 Å². The van der Waals surface area contributed by atoms with Crippen molar-refractivity contribution in [3.63, 3.8) is 0 Å². The largest absolute Gasteiger partial charge is 0.512 e. The number of aryl methyl sites for hydroxylation is 1. The number of benzene rings is 2. The van der Waals surface area contributed by atoms with Crippen molar-refractivity contribution >= 4 is 57.4 Å². The van der Waals surface area contributed by atoms with Crippen molar-refractivity contribution in [2.45, 2.75) is 79.9 Å². The van der Waals surface area contributed by atoms with Crippen LogP contribution in [-0.4, -0.2) is 38.3 Å². The van der Waals surface area contributed by atoms with E-state index in [0.717, 1.165) is 58.5 Å². The van der Waals surface area contributed by atoms with Crippen molar-refractivity contribution in [3.05, 3.63) is 66.5 Å². The smallest absolute Gasteiger partial charge is 0.162 e. The number of carbonyl (C=O) groups is 1. The summed E-state index contributed by atoms with van der Waals surface area (Å²) in [7, 11) is -1.57. The number of nitrogens with zero attached hydrogens (tertiary/aromatic N) is 4. The molecule has 225 valence electrons. The first-order chi connectivity index (χ1) is 19.5. The molecule has 8 heteroatoms. The Morgan fingerprint density at radius 3 is 2.31 bits per heavy atom. The van der Waals surface area contributed by atoms with Crippen molar-refractivity contribution in [1.29, 1.82) is 0 Å². The second-order valence-electron chi connectivity index (χ2n) is 11.9. The van der Waals surface area contributed by atoms with E-state index in [1.54, 1.807) is 6.33 Å². The summed E-state index contributed by atoms with van der Waals surface area (Å²) in [4.78, 5) is 25.6. The number of carbonyl (C=O) groups excluding carboxylic acids is 1. The molecule has 0 fully saturated rings. The molecule has 0 saturated heterocycles. The fourth-order valence-corrected chi connectivity index (χ4v) is 7.31. The van der Waals surface area contributed by atoms with Crippen LogP contribution in [0, 0.1) is 24.8 Å². The summed E-state index contributed by atoms with van der Waals surface area (Å²) < 4.78 is 2.28. The molecule has 3 aromatic heterocycles. The molecule has 0 aliphatic heterocycles. The van der Waals surface area contributed by atoms with Gasteiger partial charge in [-0.2, -0.15) is 0 Å². The van der Waals surface area contributed by atoms with Gasteiger partial charge in [0.05, 0.1) is 5.76 Å². The summed E-state index contributed by atoms with van der Waals surface area (Å²) in [6.07, 6.45) is 8.39. The van der Waals surface area contributed by atoms with E-state index in [1.807, 2.05) is 40.0 Å². The van der Waals surface area contributed by atoms with Gasteiger partial charge in [-0.1, -0.05) is 82.4 Å². The standard InChI is InChI=1S/C21H19N4Si.C13H24O2.Ir/c1-13-21(26(2,3)4)24-20-17-11-22-12-23-19(17)16-9-14-7-5-6-8-15(14)10-18(16)25(13)20;1-5-10(6-2)12(14)9-13(15)11(7-3)8-4;/h5-8,10-12H,1-4H3;9-11,14H,5-8H2,1-4H3;/q-1;;/b;12-9-;. The van der Waals surface area contributed by atoms with Crippen LogP contribution in [-0.2, 0) is 24.9 Å². The molecule has 0 atom stereocenters. The van der Waals surface area contributed by atoms with E-state index in [1.165, 1.54) is 22.5 Å². The van der Waals surface area contributed by atoms with E-state index in [2.05, 4.69) is 71.3 Å². The van der Waals surface area contributed by atoms with Gasteiger partial charge in [0.15, 0.2) is 5.78 Å². The van der Waals surface area contributed by atoms with Gasteiger partial charge in [-0.15, -0.1) is 17.5 Å². The summed E-state index contributed by atoms with van der Waals surface area (Å²) in [5.74, 6) is 0.547. The molecule has 0 bridgehead atoms. The fraction of sp³-hybridized carbons (Fsp3) is 0.412. The fourth-order valence-electron chi connectivity index (χ4n) is 5.67. The molecule has 2 aromatic carbocycles. The van der Waals surface area contributed by atoms with Crippen LogP contribution in [0.1, 0.15) is 59.1 Å². The first-order valence-electron chi connectivity index (χ1n) is 14.9. The van der Waals surface area contributed by atoms with Crippen LogP contribution < -0.4 is 5.32 Å². The molecular formula is C34H43IrN4O2Si-. The van der Waals surface area contributed by atoms with Crippen LogP contribution in [0.3, 0.4) is 0 Å². The van der Waals surface area contributed by atoms with Crippen molar-refractivity contribution in [3.8, 4) is 0 Å². The van der Waals surface area contributed by atoms with Gasteiger partial charge in [0, 0.05) is 66.1 Å². The Morgan fingerprint density at radius 1 is 1.05 bits per heavy atom. The normalized spacial score (nSPS) is 12.3. The second kappa shape index (κ2) is 14.0. The first-order valence-corrected chi connectivity index (χ1v) is 18.4.